The number of carbonyl (C=O) groups is 2. The second kappa shape index (κ2) is 14.1. The maximum absolute atomic E-state index is 13.8. The van der Waals surface area contributed by atoms with Crippen LogP contribution in [0.1, 0.15) is 47.9 Å². The molecule has 1 saturated carbocycles. The third-order valence-electron chi connectivity index (χ3n) is 7.05. The lowest BCUT2D eigenvalue weighted by Crippen LogP contribution is -2.52. The zero-order valence-electron chi connectivity index (χ0n) is 21.7. The molecule has 1 aliphatic rings. The fraction of sp³-hybridized carbons (Fsp3) is 0.355. The summed E-state index contributed by atoms with van der Waals surface area (Å²) in [6.07, 6.45) is 4.72. The molecule has 0 aliphatic heterocycles. The van der Waals surface area contributed by atoms with Crippen LogP contribution in [0.2, 0.25) is 10.0 Å². The van der Waals surface area contributed by atoms with Gasteiger partial charge in [-0.15, -0.1) is 11.8 Å². The number of benzene rings is 3. The Kier molecular flexibility index (Phi) is 10.6. The summed E-state index contributed by atoms with van der Waals surface area (Å²) in [6, 6.07) is 23.1. The van der Waals surface area contributed by atoms with Crippen molar-refractivity contribution in [3.63, 3.8) is 0 Å². The van der Waals surface area contributed by atoms with Crippen LogP contribution < -0.4 is 5.32 Å². The van der Waals surface area contributed by atoms with Crippen molar-refractivity contribution in [2.45, 2.75) is 63.4 Å². The normalized spacial score (nSPS) is 14.3. The smallest absolute Gasteiger partial charge is 0.243 e. The third-order valence-corrected chi connectivity index (χ3v) is 8.78. The molecule has 38 heavy (non-hydrogen) atoms. The molecule has 200 valence electrons. The van der Waals surface area contributed by atoms with Crippen LogP contribution in [0.4, 0.5) is 0 Å². The Bertz CT molecular complexity index is 1230. The predicted octanol–water partition coefficient (Wildman–Crippen LogP) is 7.23. The van der Waals surface area contributed by atoms with Crippen molar-refractivity contribution in [3.8, 4) is 0 Å². The highest BCUT2D eigenvalue weighted by Crippen LogP contribution is 2.26. The standard InChI is InChI=1S/C31H34Cl2N2O2S/c1-22-9-5-6-12-25(22)19-35(30(36)21-38-20-24-15-16-27(32)28(33)17-24)29(18-23-10-3-2-4-11-23)31(37)34-26-13-7-8-14-26/h2-6,9-12,15-17,26,29H,7-8,13-14,18-21H2,1H3,(H,34,37)/t29-/m1/s1. The van der Waals surface area contributed by atoms with Crippen LogP contribution in [0.3, 0.4) is 0 Å². The summed E-state index contributed by atoms with van der Waals surface area (Å²) >= 11 is 13.7. The maximum atomic E-state index is 13.8. The summed E-state index contributed by atoms with van der Waals surface area (Å²) in [5, 5.41) is 4.28. The van der Waals surface area contributed by atoms with Crippen LogP contribution in [0.15, 0.2) is 72.8 Å². The molecule has 0 saturated heterocycles. The fourth-order valence-corrected chi connectivity index (χ4v) is 6.04. The Morgan fingerprint density at radius 1 is 0.947 bits per heavy atom. The number of rotatable bonds is 11. The molecule has 1 aliphatic carbocycles. The maximum Gasteiger partial charge on any atom is 0.243 e. The number of amides is 2. The molecule has 0 spiro atoms. The van der Waals surface area contributed by atoms with Gasteiger partial charge in [0.25, 0.3) is 0 Å². The Labute approximate surface area is 240 Å². The molecule has 0 unspecified atom stereocenters. The van der Waals surface area contributed by atoms with E-state index in [-0.39, 0.29) is 23.6 Å². The van der Waals surface area contributed by atoms with Crippen molar-refractivity contribution >= 4 is 46.8 Å². The van der Waals surface area contributed by atoms with Gasteiger partial charge in [-0.05, 0) is 54.2 Å². The van der Waals surface area contributed by atoms with Gasteiger partial charge in [0.15, 0.2) is 0 Å². The summed E-state index contributed by atoms with van der Waals surface area (Å²) in [7, 11) is 0. The van der Waals surface area contributed by atoms with E-state index in [0.717, 1.165) is 47.9 Å². The molecule has 2 amide bonds. The van der Waals surface area contributed by atoms with Crippen molar-refractivity contribution in [1.29, 1.82) is 0 Å². The first-order chi connectivity index (χ1) is 18.4. The van der Waals surface area contributed by atoms with Crippen LogP contribution in [0, 0.1) is 6.92 Å². The van der Waals surface area contributed by atoms with Gasteiger partial charge in [-0.3, -0.25) is 9.59 Å². The number of aryl methyl sites for hydroxylation is 1. The van der Waals surface area contributed by atoms with Gasteiger partial charge in [-0.1, -0.05) is 96.7 Å². The SMILES string of the molecule is Cc1ccccc1CN(C(=O)CSCc1ccc(Cl)c(Cl)c1)[C@H](Cc1ccccc1)C(=O)NC1CCCC1. The molecule has 1 N–H and O–H groups in total. The van der Waals surface area contributed by atoms with Crippen molar-refractivity contribution in [1.82, 2.24) is 10.2 Å². The molecule has 3 aromatic rings. The average Bonchev–Trinajstić information content (AvgIpc) is 3.42. The van der Waals surface area contributed by atoms with Crippen molar-refractivity contribution in [2.24, 2.45) is 0 Å². The molecule has 1 atom stereocenters. The second-order valence-corrected chi connectivity index (χ2v) is 11.7. The molecule has 0 bridgehead atoms. The lowest BCUT2D eigenvalue weighted by molar-refractivity contribution is -0.139. The molecule has 4 nitrogen and oxygen atoms in total. The van der Waals surface area contributed by atoms with Gasteiger partial charge in [0.2, 0.25) is 11.8 Å². The van der Waals surface area contributed by atoms with Crippen LogP contribution in [-0.4, -0.2) is 34.6 Å². The van der Waals surface area contributed by atoms with E-state index < -0.39 is 6.04 Å². The number of nitrogens with zero attached hydrogens (tertiary/aromatic N) is 1. The molecule has 0 aromatic heterocycles. The average molecular weight is 570 g/mol. The summed E-state index contributed by atoms with van der Waals surface area (Å²) < 4.78 is 0. The predicted molar refractivity (Wildman–Crippen MR) is 159 cm³/mol. The number of thioether (sulfide) groups is 1. The number of nitrogens with one attached hydrogen (secondary N) is 1. The number of halogens is 2. The van der Waals surface area contributed by atoms with Gasteiger partial charge in [0.1, 0.15) is 6.04 Å². The van der Waals surface area contributed by atoms with Gasteiger partial charge in [-0.2, -0.15) is 0 Å². The van der Waals surface area contributed by atoms with Gasteiger partial charge < -0.3 is 10.2 Å². The zero-order chi connectivity index (χ0) is 26.9. The molecule has 3 aromatic carbocycles. The van der Waals surface area contributed by atoms with Gasteiger partial charge >= 0.3 is 0 Å². The largest absolute Gasteiger partial charge is 0.352 e. The minimum atomic E-state index is -0.601. The fourth-order valence-electron chi connectivity index (χ4n) is 4.86. The molecule has 4 rings (SSSR count). The van der Waals surface area contributed by atoms with Crippen LogP contribution in [0.25, 0.3) is 0 Å². The highest BCUT2D eigenvalue weighted by atomic mass is 35.5. The monoisotopic (exact) mass is 568 g/mol. The lowest BCUT2D eigenvalue weighted by atomic mass is 10.0. The summed E-state index contributed by atoms with van der Waals surface area (Å²) in [6.45, 7) is 2.43. The molecule has 7 heteroatoms. The molecule has 0 heterocycles. The summed E-state index contributed by atoms with van der Waals surface area (Å²) in [5.74, 6) is 0.755. The number of hydrogen-bond acceptors (Lipinski definition) is 3. The Morgan fingerprint density at radius 3 is 2.37 bits per heavy atom. The second-order valence-electron chi connectivity index (χ2n) is 9.88. The molecule has 0 radical (unpaired) electrons. The van der Waals surface area contributed by atoms with Crippen LogP contribution >= 0.6 is 35.0 Å². The number of carbonyl (C=O) groups excluding carboxylic acids is 2. The van der Waals surface area contributed by atoms with E-state index in [4.69, 9.17) is 23.2 Å². The number of hydrogen-bond donors (Lipinski definition) is 1. The van der Waals surface area contributed by atoms with Crippen molar-refractivity contribution in [2.75, 3.05) is 5.75 Å². The van der Waals surface area contributed by atoms with Crippen LogP contribution in [0.5, 0.6) is 0 Å². The van der Waals surface area contributed by atoms with E-state index in [1.165, 1.54) is 11.8 Å². The molecular formula is C31H34Cl2N2O2S. The van der Waals surface area contributed by atoms with Gasteiger partial charge in [0.05, 0.1) is 15.8 Å². The van der Waals surface area contributed by atoms with Crippen molar-refractivity contribution < 1.29 is 9.59 Å². The zero-order valence-corrected chi connectivity index (χ0v) is 24.0. The lowest BCUT2D eigenvalue weighted by Gasteiger charge is -2.32. The van der Waals surface area contributed by atoms with E-state index in [9.17, 15) is 9.59 Å². The first-order valence-electron chi connectivity index (χ1n) is 13.1. The quantitative estimate of drug-likeness (QED) is 0.265. The van der Waals surface area contributed by atoms with E-state index in [2.05, 4.69) is 5.32 Å². The van der Waals surface area contributed by atoms with E-state index >= 15 is 0 Å². The Morgan fingerprint density at radius 2 is 1.66 bits per heavy atom. The first kappa shape index (κ1) is 28.5. The molecule has 1 fully saturated rings. The van der Waals surface area contributed by atoms with Crippen molar-refractivity contribution in [3.05, 3.63) is 105 Å². The van der Waals surface area contributed by atoms with E-state index in [1.54, 1.807) is 11.0 Å². The highest BCUT2D eigenvalue weighted by molar-refractivity contribution is 7.99. The minimum absolute atomic E-state index is 0.0548. The van der Waals surface area contributed by atoms with E-state index in [0.29, 0.717) is 28.8 Å². The summed E-state index contributed by atoms with van der Waals surface area (Å²) in [5.41, 5.74) is 4.18. The minimum Gasteiger partial charge on any atom is -0.352 e. The first-order valence-corrected chi connectivity index (χ1v) is 15.0. The third kappa shape index (κ3) is 8.02. The van der Waals surface area contributed by atoms with Crippen LogP contribution in [-0.2, 0) is 28.3 Å². The Balaban J connectivity index is 1.57. The highest BCUT2D eigenvalue weighted by Gasteiger charge is 2.32. The summed E-state index contributed by atoms with van der Waals surface area (Å²) in [4.78, 5) is 29.4. The topological polar surface area (TPSA) is 49.4 Å². The molecular weight excluding hydrogens is 535 g/mol. The Hall–Kier alpha value is -2.47. The van der Waals surface area contributed by atoms with Gasteiger partial charge in [0, 0.05) is 24.8 Å². The van der Waals surface area contributed by atoms with E-state index in [1.807, 2.05) is 73.7 Å². The van der Waals surface area contributed by atoms with Gasteiger partial charge in [-0.25, -0.2) is 0 Å².